The molecule has 3 rings (SSSR count). The predicted molar refractivity (Wildman–Crippen MR) is 93.4 cm³/mol. The summed E-state index contributed by atoms with van der Waals surface area (Å²) in [7, 11) is 4.03. The molecule has 1 saturated heterocycles. The SMILES string of the molecule is CN(C)C(Cc1ccccc1)C(=O)N1CCCN(C2CC2)CC1. The Morgan fingerprint density at radius 3 is 2.52 bits per heavy atom. The molecule has 2 aliphatic rings. The van der Waals surface area contributed by atoms with Gasteiger partial charge >= 0.3 is 0 Å². The molecule has 4 nitrogen and oxygen atoms in total. The number of carbonyl (C=O) groups excluding carboxylic acids is 1. The fraction of sp³-hybridized carbons (Fsp3) is 0.632. The Hall–Kier alpha value is -1.39. The van der Waals surface area contributed by atoms with E-state index in [1.807, 2.05) is 32.3 Å². The van der Waals surface area contributed by atoms with Crippen molar-refractivity contribution in [2.75, 3.05) is 40.3 Å². The van der Waals surface area contributed by atoms with Gasteiger partial charge in [0, 0.05) is 32.2 Å². The van der Waals surface area contributed by atoms with Crippen LogP contribution in [0.1, 0.15) is 24.8 Å². The molecule has 1 heterocycles. The number of hydrogen-bond acceptors (Lipinski definition) is 3. The summed E-state index contributed by atoms with van der Waals surface area (Å²) in [6.07, 6.45) is 4.59. The van der Waals surface area contributed by atoms with Crippen LogP contribution < -0.4 is 0 Å². The fourth-order valence-electron chi connectivity index (χ4n) is 3.50. The first kappa shape index (κ1) is 16.5. The van der Waals surface area contributed by atoms with E-state index in [-0.39, 0.29) is 11.9 Å². The quantitative estimate of drug-likeness (QED) is 0.830. The second-order valence-electron chi connectivity index (χ2n) is 7.12. The maximum atomic E-state index is 13.1. The van der Waals surface area contributed by atoms with Gasteiger partial charge in [-0.1, -0.05) is 30.3 Å². The van der Waals surface area contributed by atoms with Gasteiger partial charge in [0.2, 0.25) is 5.91 Å². The molecule has 0 bridgehead atoms. The maximum Gasteiger partial charge on any atom is 0.240 e. The molecule has 126 valence electrons. The molecule has 1 aromatic rings. The summed E-state index contributed by atoms with van der Waals surface area (Å²) < 4.78 is 0. The van der Waals surface area contributed by atoms with Crippen molar-refractivity contribution in [2.24, 2.45) is 0 Å². The number of amides is 1. The van der Waals surface area contributed by atoms with E-state index in [0.717, 1.165) is 45.1 Å². The Morgan fingerprint density at radius 1 is 1.13 bits per heavy atom. The minimum Gasteiger partial charge on any atom is -0.340 e. The van der Waals surface area contributed by atoms with Crippen molar-refractivity contribution < 1.29 is 4.79 Å². The van der Waals surface area contributed by atoms with E-state index in [4.69, 9.17) is 0 Å². The molecule has 0 spiro atoms. The van der Waals surface area contributed by atoms with Gasteiger partial charge in [0.15, 0.2) is 0 Å². The third kappa shape index (κ3) is 4.33. The molecule has 1 aliphatic heterocycles. The Balaban J connectivity index is 1.63. The number of carbonyl (C=O) groups is 1. The average molecular weight is 315 g/mol. The van der Waals surface area contributed by atoms with Crippen molar-refractivity contribution in [2.45, 2.75) is 37.8 Å². The zero-order valence-electron chi connectivity index (χ0n) is 14.4. The van der Waals surface area contributed by atoms with Crippen molar-refractivity contribution in [1.82, 2.24) is 14.7 Å². The van der Waals surface area contributed by atoms with E-state index in [0.29, 0.717) is 0 Å². The van der Waals surface area contributed by atoms with Crippen LogP contribution in [0.4, 0.5) is 0 Å². The lowest BCUT2D eigenvalue weighted by Crippen LogP contribution is -2.48. The molecule has 23 heavy (non-hydrogen) atoms. The Labute approximate surface area is 140 Å². The van der Waals surface area contributed by atoms with Gasteiger partial charge in [-0.3, -0.25) is 14.6 Å². The van der Waals surface area contributed by atoms with Gasteiger partial charge in [0.05, 0.1) is 6.04 Å². The average Bonchev–Trinajstić information content (AvgIpc) is 3.38. The van der Waals surface area contributed by atoms with Crippen LogP contribution in [0.15, 0.2) is 30.3 Å². The van der Waals surface area contributed by atoms with Crippen molar-refractivity contribution >= 4 is 5.91 Å². The molecule has 0 N–H and O–H groups in total. The van der Waals surface area contributed by atoms with Crippen LogP contribution >= 0.6 is 0 Å². The second-order valence-corrected chi connectivity index (χ2v) is 7.12. The van der Waals surface area contributed by atoms with Crippen molar-refractivity contribution in [3.63, 3.8) is 0 Å². The number of nitrogens with zero attached hydrogens (tertiary/aromatic N) is 3. The lowest BCUT2D eigenvalue weighted by molar-refractivity contribution is -0.136. The monoisotopic (exact) mass is 315 g/mol. The highest BCUT2D eigenvalue weighted by Crippen LogP contribution is 2.27. The smallest absolute Gasteiger partial charge is 0.240 e. The van der Waals surface area contributed by atoms with Crippen LogP contribution in [0, 0.1) is 0 Å². The fourth-order valence-corrected chi connectivity index (χ4v) is 3.50. The lowest BCUT2D eigenvalue weighted by Gasteiger charge is -2.30. The van der Waals surface area contributed by atoms with Gasteiger partial charge in [0.25, 0.3) is 0 Å². The van der Waals surface area contributed by atoms with Gasteiger partial charge in [0.1, 0.15) is 0 Å². The number of hydrogen-bond donors (Lipinski definition) is 0. The van der Waals surface area contributed by atoms with Crippen LogP contribution in [0.2, 0.25) is 0 Å². The van der Waals surface area contributed by atoms with Crippen LogP contribution in [-0.2, 0) is 11.2 Å². The van der Waals surface area contributed by atoms with Crippen LogP contribution in [0.5, 0.6) is 0 Å². The molecule has 1 amide bonds. The predicted octanol–water partition coefficient (Wildman–Crippen LogP) is 1.86. The van der Waals surface area contributed by atoms with Crippen LogP contribution in [0.3, 0.4) is 0 Å². The van der Waals surface area contributed by atoms with E-state index in [1.54, 1.807) is 0 Å². The molecule has 1 aromatic carbocycles. The molecular formula is C19H29N3O. The zero-order chi connectivity index (χ0) is 16.2. The summed E-state index contributed by atoms with van der Waals surface area (Å²) >= 11 is 0. The van der Waals surface area contributed by atoms with Crippen molar-refractivity contribution in [3.05, 3.63) is 35.9 Å². The Kier molecular flexibility index (Phi) is 5.34. The molecule has 0 radical (unpaired) electrons. The number of likely N-dealkylation sites (N-methyl/N-ethyl adjacent to an activating group) is 1. The molecule has 1 atom stereocenters. The molecule has 4 heteroatoms. The van der Waals surface area contributed by atoms with Gasteiger partial charge < -0.3 is 4.90 Å². The Morgan fingerprint density at radius 2 is 1.87 bits per heavy atom. The normalized spacial score (nSPS) is 21.3. The van der Waals surface area contributed by atoms with Gasteiger partial charge in [-0.25, -0.2) is 0 Å². The first-order valence-corrected chi connectivity index (χ1v) is 8.88. The highest BCUT2D eigenvalue weighted by molar-refractivity contribution is 5.82. The first-order chi connectivity index (χ1) is 11.1. The largest absolute Gasteiger partial charge is 0.340 e. The van der Waals surface area contributed by atoms with E-state index < -0.39 is 0 Å². The molecule has 0 aromatic heterocycles. The summed E-state index contributed by atoms with van der Waals surface area (Å²) in [5, 5.41) is 0. The summed E-state index contributed by atoms with van der Waals surface area (Å²) in [6.45, 7) is 3.98. The van der Waals surface area contributed by atoms with E-state index in [1.165, 1.54) is 18.4 Å². The maximum absolute atomic E-state index is 13.1. The summed E-state index contributed by atoms with van der Waals surface area (Å²) in [5.41, 5.74) is 1.23. The first-order valence-electron chi connectivity index (χ1n) is 8.88. The highest BCUT2D eigenvalue weighted by atomic mass is 16.2. The third-order valence-electron chi connectivity index (χ3n) is 5.09. The topological polar surface area (TPSA) is 26.8 Å². The second kappa shape index (κ2) is 7.45. The molecule has 1 saturated carbocycles. The van der Waals surface area contributed by atoms with Gasteiger partial charge in [-0.15, -0.1) is 0 Å². The van der Waals surface area contributed by atoms with Gasteiger partial charge in [-0.2, -0.15) is 0 Å². The Bertz CT molecular complexity index is 513. The lowest BCUT2D eigenvalue weighted by atomic mass is 10.0. The van der Waals surface area contributed by atoms with Crippen LogP contribution in [0.25, 0.3) is 0 Å². The standard InChI is InChI=1S/C19H29N3O/c1-20(2)18(15-16-7-4-3-5-8-16)19(23)22-12-6-11-21(13-14-22)17-9-10-17/h3-5,7-8,17-18H,6,9-15H2,1-2H3. The number of benzene rings is 1. The summed E-state index contributed by atoms with van der Waals surface area (Å²) in [6, 6.07) is 11.1. The van der Waals surface area contributed by atoms with Crippen molar-refractivity contribution in [1.29, 1.82) is 0 Å². The highest BCUT2D eigenvalue weighted by Gasteiger charge is 2.32. The van der Waals surface area contributed by atoms with Crippen molar-refractivity contribution in [3.8, 4) is 0 Å². The number of rotatable bonds is 5. The summed E-state index contributed by atoms with van der Waals surface area (Å²) in [4.78, 5) is 19.8. The molecule has 2 fully saturated rings. The molecule has 1 unspecified atom stereocenters. The van der Waals surface area contributed by atoms with Crippen LogP contribution in [-0.4, -0.2) is 73.0 Å². The van der Waals surface area contributed by atoms with E-state index in [2.05, 4.69) is 26.8 Å². The van der Waals surface area contributed by atoms with E-state index in [9.17, 15) is 4.79 Å². The van der Waals surface area contributed by atoms with Gasteiger partial charge in [-0.05, 0) is 45.3 Å². The third-order valence-corrected chi connectivity index (χ3v) is 5.09. The molecule has 1 aliphatic carbocycles. The van der Waals surface area contributed by atoms with E-state index >= 15 is 0 Å². The zero-order valence-corrected chi connectivity index (χ0v) is 14.4. The summed E-state index contributed by atoms with van der Waals surface area (Å²) in [5.74, 6) is 0.288. The minimum absolute atomic E-state index is 0.0649. The minimum atomic E-state index is -0.0649. The molecular weight excluding hydrogens is 286 g/mol.